The quantitative estimate of drug-likeness (QED) is 0.663. The molecule has 0 atom stereocenters. The largest absolute Gasteiger partial charge is 0.204 e. The van der Waals surface area contributed by atoms with Crippen LogP contribution in [-0.4, -0.2) is 0 Å². The summed E-state index contributed by atoms with van der Waals surface area (Å²) >= 11 is 0. The van der Waals surface area contributed by atoms with Crippen molar-refractivity contribution >= 4 is 5.57 Å². The van der Waals surface area contributed by atoms with Gasteiger partial charge in [0.15, 0.2) is 17.5 Å². The van der Waals surface area contributed by atoms with Crippen molar-refractivity contribution in [1.29, 1.82) is 0 Å². The highest BCUT2D eigenvalue weighted by atomic mass is 19.2. The second-order valence-corrected chi connectivity index (χ2v) is 4.09. The Morgan fingerprint density at radius 1 is 0.833 bits per heavy atom. The molecule has 0 N–H and O–H groups in total. The van der Waals surface area contributed by atoms with Crippen molar-refractivity contribution in [3.05, 3.63) is 83.0 Å². The maximum atomic E-state index is 13.2. The smallest absolute Gasteiger partial charge is 0.194 e. The highest BCUT2D eigenvalue weighted by Gasteiger charge is 2.18. The Hall–Kier alpha value is -2.03. The molecule has 0 bridgehead atoms. The third kappa shape index (κ3) is 1.63. The Morgan fingerprint density at radius 2 is 1.50 bits per heavy atom. The van der Waals surface area contributed by atoms with Gasteiger partial charge in [-0.3, -0.25) is 0 Å². The van der Waals surface area contributed by atoms with Gasteiger partial charge in [-0.25, -0.2) is 13.2 Å². The van der Waals surface area contributed by atoms with Crippen LogP contribution in [0.25, 0.3) is 5.57 Å². The zero-order valence-corrected chi connectivity index (χ0v) is 9.25. The molecule has 2 aromatic rings. The van der Waals surface area contributed by atoms with Crippen LogP contribution in [0.1, 0.15) is 16.7 Å². The molecule has 0 heterocycles. The summed E-state index contributed by atoms with van der Waals surface area (Å²) in [5, 5.41) is 0. The molecule has 0 saturated carbocycles. The first-order valence-electron chi connectivity index (χ1n) is 5.46. The molecule has 1 aliphatic rings. The van der Waals surface area contributed by atoms with Crippen molar-refractivity contribution in [2.45, 2.75) is 0 Å². The van der Waals surface area contributed by atoms with Gasteiger partial charge < -0.3 is 0 Å². The Bertz CT molecular complexity index is 634. The molecule has 0 nitrogen and oxygen atoms in total. The maximum absolute atomic E-state index is 13.2. The zero-order chi connectivity index (χ0) is 12.7. The number of rotatable bonds is 1. The van der Waals surface area contributed by atoms with Crippen molar-refractivity contribution in [1.82, 2.24) is 0 Å². The summed E-state index contributed by atoms with van der Waals surface area (Å²) in [6.07, 6.45) is 3.64. The lowest BCUT2D eigenvalue weighted by atomic mass is 9.99. The van der Waals surface area contributed by atoms with Crippen molar-refractivity contribution in [2.24, 2.45) is 0 Å². The lowest BCUT2D eigenvalue weighted by molar-refractivity contribution is 0.446. The fourth-order valence-electron chi connectivity index (χ4n) is 2.11. The molecule has 0 unspecified atom stereocenters. The van der Waals surface area contributed by atoms with Gasteiger partial charge in [-0.2, -0.15) is 0 Å². The minimum absolute atomic E-state index is 0.340. The first-order valence-corrected chi connectivity index (χ1v) is 5.46. The molecule has 0 aromatic heterocycles. The van der Waals surface area contributed by atoms with E-state index in [0.717, 1.165) is 23.3 Å². The summed E-state index contributed by atoms with van der Waals surface area (Å²) < 4.78 is 39.4. The van der Waals surface area contributed by atoms with E-state index in [1.165, 1.54) is 0 Å². The minimum atomic E-state index is -1.44. The van der Waals surface area contributed by atoms with Crippen LogP contribution in [0.5, 0.6) is 0 Å². The third-order valence-electron chi connectivity index (χ3n) is 2.98. The predicted octanol–water partition coefficient (Wildman–Crippen LogP) is 4.10. The van der Waals surface area contributed by atoms with E-state index in [9.17, 15) is 13.2 Å². The van der Waals surface area contributed by atoms with E-state index in [1.54, 1.807) is 6.08 Å². The van der Waals surface area contributed by atoms with Gasteiger partial charge in [0, 0.05) is 6.42 Å². The van der Waals surface area contributed by atoms with Gasteiger partial charge >= 0.3 is 0 Å². The minimum Gasteiger partial charge on any atom is -0.204 e. The summed E-state index contributed by atoms with van der Waals surface area (Å²) in [6, 6.07) is 9.54. The summed E-state index contributed by atoms with van der Waals surface area (Å²) in [5.41, 5.74) is 2.91. The molecule has 0 spiro atoms. The fraction of sp³-hybridized carbons (Fsp3) is 0. The van der Waals surface area contributed by atoms with Gasteiger partial charge in [0.25, 0.3) is 0 Å². The van der Waals surface area contributed by atoms with Gasteiger partial charge in [0.2, 0.25) is 0 Å². The van der Waals surface area contributed by atoms with Crippen molar-refractivity contribution in [2.75, 3.05) is 0 Å². The average Bonchev–Trinajstić information content (AvgIpc) is 2.79. The monoisotopic (exact) mass is 245 g/mol. The number of halogens is 3. The number of hydrogen-bond donors (Lipinski definition) is 0. The average molecular weight is 245 g/mol. The number of fused-ring (bicyclic) bond motifs is 1. The normalized spacial score (nSPS) is 13.4. The summed E-state index contributed by atoms with van der Waals surface area (Å²) in [6.45, 7) is 0. The van der Waals surface area contributed by atoms with Crippen LogP contribution < -0.4 is 0 Å². The van der Waals surface area contributed by atoms with Crippen molar-refractivity contribution in [3.8, 4) is 0 Å². The van der Waals surface area contributed by atoms with E-state index in [-0.39, 0.29) is 0 Å². The van der Waals surface area contributed by atoms with Gasteiger partial charge in [0.05, 0.1) is 0 Å². The van der Waals surface area contributed by atoms with Crippen LogP contribution in [0.3, 0.4) is 0 Å². The predicted molar refractivity (Wildman–Crippen MR) is 63.2 cm³/mol. The van der Waals surface area contributed by atoms with E-state index in [0.29, 0.717) is 11.1 Å². The molecular weight excluding hydrogens is 237 g/mol. The molecule has 3 rings (SSSR count). The molecule has 1 radical (unpaired) electrons. The number of benzene rings is 2. The van der Waals surface area contributed by atoms with E-state index >= 15 is 0 Å². The lowest BCUT2D eigenvalue weighted by Crippen LogP contribution is -1.95. The van der Waals surface area contributed by atoms with Gasteiger partial charge in [-0.15, -0.1) is 0 Å². The van der Waals surface area contributed by atoms with Crippen LogP contribution in [0.2, 0.25) is 0 Å². The maximum Gasteiger partial charge on any atom is 0.194 e. The molecule has 0 fully saturated rings. The molecule has 0 aliphatic heterocycles. The van der Waals surface area contributed by atoms with Crippen LogP contribution >= 0.6 is 0 Å². The Balaban J connectivity index is 2.13. The second kappa shape index (κ2) is 4.02. The summed E-state index contributed by atoms with van der Waals surface area (Å²) in [4.78, 5) is 0. The van der Waals surface area contributed by atoms with Crippen LogP contribution in [-0.2, 0) is 0 Å². The van der Waals surface area contributed by atoms with Gasteiger partial charge in [0.1, 0.15) is 0 Å². The summed E-state index contributed by atoms with van der Waals surface area (Å²) in [5.74, 6) is -3.78. The van der Waals surface area contributed by atoms with Crippen LogP contribution in [0, 0.1) is 23.9 Å². The molecular formula is C15H8F3. The Kier molecular flexibility index (Phi) is 2.47. The first-order chi connectivity index (χ1) is 8.66. The molecule has 89 valence electrons. The van der Waals surface area contributed by atoms with E-state index < -0.39 is 17.5 Å². The van der Waals surface area contributed by atoms with E-state index in [2.05, 4.69) is 0 Å². The topological polar surface area (TPSA) is 0 Å². The van der Waals surface area contributed by atoms with Crippen molar-refractivity contribution in [3.63, 3.8) is 0 Å². The second-order valence-electron chi connectivity index (χ2n) is 4.09. The standard InChI is InChI=1S/C15H8F3/c16-13-7-10(8-14(17)15(13)18)12-6-5-9-3-1-2-4-11(9)12/h1-8H. The van der Waals surface area contributed by atoms with Crippen LogP contribution in [0.15, 0.2) is 42.5 Å². The molecule has 0 amide bonds. The molecule has 0 saturated heterocycles. The molecule has 1 aliphatic carbocycles. The Morgan fingerprint density at radius 3 is 2.22 bits per heavy atom. The van der Waals surface area contributed by atoms with Crippen LogP contribution in [0.4, 0.5) is 13.2 Å². The fourth-order valence-corrected chi connectivity index (χ4v) is 2.11. The highest BCUT2D eigenvalue weighted by molar-refractivity contribution is 5.87. The summed E-state index contributed by atoms with van der Waals surface area (Å²) in [7, 11) is 0. The highest BCUT2D eigenvalue weighted by Crippen LogP contribution is 2.34. The van der Waals surface area contributed by atoms with E-state index in [1.807, 2.05) is 30.7 Å². The molecule has 2 aromatic carbocycles. The molecule has 18 heavy (non-hydrogen) atoms. The first kappa shape index (κ1) is 11.1. The van der Waals surface area contributed by atoms with Crippen molar-refractivity contribution < 1.29 is 13.2 Å². The SMILES string of the molecule is Fc1cc(C2=C[CH]c3ccccc32)cc(F)c1F. The zero-order valence-electron chi connectivity index (χ0n) is 9.25. The van der Waals surface area contributed by atoms with Gasteiger partial charge in [-0.1, -0.05) is 30.3 Å². The lowest BCUT2D eigenvalue weighted by Gasteiger charge is -2.07. The van der Waals surface area contributed by atoms with Gasteiger partial charge in [-0.05, 0) is 34.4 Å². The molecule has 3 heteroatoms. The third-order valence-corrected chi connectivity index (χ3v) is 2.98. The Labute approximate surface area is 102 Å². The van der Waals surface area contributed by atoms with E-state index in [4.69, 9.17) is 0 Å². The number of hydrogen-bond acceptors (Lipinski definition) is 0. The number of allylic oxidation sites excluding steroid dienone is 1.